The van der Waals surface area contributed by atoms with E-state index >= 15 is 0 Å². The minimum atomic E-state index is -1.41. The number of rotatable bonds is 21. The summed E-state index contributed by atoms with van der Waals surface area (Å²) in [6.07, 6.45) is 0.0976. The van der Waals surface area contributed by atoms with Gasteiger partial charge in [0.05, 0.1) is 19.3 Å². The van der Waals surface area contributed by atoms with Crippen molar-refractivity contribution >= 4 is 23.9 Å². The van der Waals surface area contributed by atoms with Gasteiger partial charge >= 0.3 is 18.0 Å². The lowest BCUT2D eigenvalue weighted by Crippen LogP contribution is -2.54. The number of aliphatic carboxylic acids is 1. The second kappa shape index (κ2) is 19.5. The molecule has 2 amide bonds. The van der Waals surface area contributed by atoms with Crippen molar-refractivity contribution in [1.82, 2.24) is 15.5 Å². The van der Waals surface area contributed by atoms with Crippen molar-refractivity contribution in [3.05, 3.63) is 56.1 Å². The van der Waals surface area contributed by atoms with Crippen molar-refractivity contribution in [2.75, 3.05) is 26.3 Å². The molecule has 0 aliphatic carbocycles. The summed E-state index contributed by atoms with van der Waals surface area (Å²) >= 11 is 0. The average Bonchev–Trinajstić information content (AvgIpc) is 3.47. The SMILES string of the molecule is CC(OC(=O)NCCCCC(NC(CCc1ccccc1)C(=O)O)C(=O)N1CCCC1C(=O)OCCCO[N+](=O)[O-])O[N+](=O)[O-]. The molecule has 2 rings (SSSR count). The molecule has 1 aromatic carbocycles. The van der Waals surface area contributed by atoms with Crippen LogP contribution in [0, 0.1) is 20.2 Å². The number of nitrogens with one attached hydrogen (secondary N) is 2. The number of likely N-dealkylation sites (tertiary alicyclic amines) is 1. The Kier molecular flexibility index (Phi) is 15.8. The fraction of sp³-hybridized carbons (Fsp3) is 0.630. The zero-order valence-corrected chi connectivity index (χ0v) is 24.9. The molecule has 250 valence electrons. The van der Waals surface area contributed by atoms with E-state index in [1.54, 1.807) is 0 Å². The van der Waals surface area contributed by atoms with Crippen LogP contribution in [0.4, 0.5) is 4.79 Å². The van der Waals surface area contributed by atoms with Crippen molar-refractivity contribution in [2.45, 2.75) is 82.7 Å². The fourth-order valence-corrected chi connectivity index (χ4v) is 4.70. The number of nitrogens with zero attached hydrogens (tertiary/aromatic N) is 3. The van der Waals surface area contributed by atoms with E-state index in [9.17, 15) is 44.5 Å². The highest BCUT2D eigenvalue weighted by Gasteiger charge is 2.39. The summed E-state index contributed by atoms with van der Waals surface area (Å²) in [4.78, 5) is 80.7. The maximum Gasteiger partial charge on any atom is 0.409 e. The summed E-state index contributed by atoms with van der Waals surface area (Å²) < 4.78 is 9.90. The molecule has 4 unspecified atom stereocenters. The molecule has 1 saturated heterocycles. The molecular weight excluding hydrogens is 602 g/mol. The third-order valence-electron chi connectivity index (χ3n) is 6.80. The molecule has 1 fully saturated rings. The first-order valence-corrected chi connectivity index (χ1v) is 14.5. The highest BCUT2D eigenvalue weighted by Crippen LogP contribution is 2.21. The zero-order valence-electron chi connectivity index (χ0n) is 24.9. The lowest BCUT2D eigenvalue weighted by molar-refractivity contribution is -0.777. The largest absolute Gasteiger partial charge is 0.480 e. The van der Waals surface area contributed by atoms with Crippen molar-refractivity contribution in [3.8, 4) is 0 Å². The summed E-state index contributed by atoms with van der Waals surface area (Å²) in [5.41, 5.74) is 0.926. The Morgan fingerprint density at radius 1 is 1.02 bits per heavy atom. The number of alkyl carbamates (subject to hydrolysis) is 1. The number of carboxylic acids is 1. The van der Waals surface area contributed by atoms with Crippen molar-refractivity contribution in [2.24, 2.45) is 0 Å². The molecule has 0 saturated carbocycles. The molecule has 18 nitrogen and oxygen atoms in total. The number of hydrogen-bond donors (Lipinski definition) is 3. The number of carbonyl (C=O) groups is 4. The number of benzene rings is 1. The number of carboxylic acid groups (broad SMARTS) is 1. The van der Waals surface area contributed by atoms with Gasteiger partial charge in [0.15, 0.2) is 0 Å². The minimum Gasteiger partial charge on any atom is -0.480 e. The normalized spacial score (nSPS) is 16.1. The minimum absolute atomic E-state index is 0.0858. The maximum absolute atomic E-state index is 13.7. The molecule has 1 aliphatic heterocycles. The first kappa shape index (κ1) is 36.5. The Bertz CT molecular complexity index is 1140. The van der Waals surface area contributed by atoms with Crippen LogP contribution >= 0.6 is 0 Å². The van der Waals surface area contributed by atoms with E-state index in [0.29, 0.717) is 32.1 Å². The summed E-state index contributed by atoms with van der Waals surface area (Å²) in [7, 11) is 0. The van der Waals surface area contributed by atoms with E-state index in [-0.39, 0.29) is 45.6 Å². The van der Waals surface area contributed by atoms with Gasteiger partial charge in [-0.1, -0.05) is 30.3 Å². The molecule has 0 bridgehead atoms. The summed E-state index contributed by atoms with van der Waals surface area (Å²) in [5.74, 6) is -2.29. The van der Waals surface area contributed by atoms with Gasteiger partial charge < -0.3 is 29.6 Å². The highest BCUT2D eigenvalue weighted by atomic mass is 17.0. The molecule has 18 heteroatoms. The van der Waals surface area contributed by atoms with Gasteiger partial charge in [0.1, 0.15) is 12.1 Å². The number of ether oxygens (including phenoxy) is 2. The standard InChI is InChI=1S/C27H39N5O13/c1-19(45-32(40)41)44-27(37)28-15-6-5-11-21(29-22(25(34)35)14-13-20-9-3-2-4-10-20)24(33)30-16-7-12-23(30)26(36)42-17-8-18-43-31(38)39/h2-4,9-10,19,21-23,29H,5-8,11-18H2,1H3,(H,28,37)(H,34,35). The molecule has 1 aliphatic rings. The lowest BCUT2D eigenvalue weighted by atomic mass is 10.0. The van der Waals surface area contributed by atoms with Gasteiger partial charge in [-0.2, -0.15) is 0 Å². The molecule has 0 spiro atoms. The predicted octanol–water partition coefficient (Wildman–Crippen LogP) is 1.61. The molecular formula is C27H39N5O13. The van der Waals surface area contributed by atoms with Crippen LogP contribution in [0.25, 0.3) is 0 Å². The quantitative estimate of drug-likeness (QED) is 0.0568. The third-order valence-corrected chi connectivity index (χ3v) is 6.80. The van der Waals surface area contributed by atoms with Gasteiger partial charge in [-0.05, 0) is 57.4 Å². The summed E-state index contributed by atoms with van der Waals surface area (Å²) in [5, 5.41) is 33.9. The van der Waals surface area contributed by atoms with E-state index in [1.165, 1.54) is 11.8 Å². The summed E-state index contributed by atoms with van der Waals surface area (Å²) in [6.45, 7) is 1.13. The first-order chi connectivity index (χ1) is 21.5. The lowest BCUT2D eigenvalue weighted by Gasteiger charge is -2.30. The van der Waals surface area contributed by atoms with Crippen molar-refractivity contribution in [3.63, 3.8) is 0 Å². The van der Waals surface area contributed by atoms with Gasteiger partial charge in [-0.15, -0.1) is 20.2 Å². The van der Waals surface area contributed by atoms with E-state index in [4.69, 9.17) is 9.47 Å². The molecule has 0 radical (unpaired) electrons. The predicted molar refractivity (Wildman–Crippen MR) is 152 cm³/mol. The molecule has 3 N–H and O–H groups in total. The van der Waals surface area contributed by atoms with Crippen LogP contribution in [0.1, 0.15) is 57.4 Å². The van der Waals surface area contributed by atoms with Gasteiger partial charge in [-0.3, -0.25) is 19.7 Å². The smallest absolute Gasteiger partial charge is 0.409 e. The zero-order chi connectivity index (χ0) is 33.2. The molecule has 45 heavy (non-hydrogen) atoms. The number of amides is 2. The van der Waals surface area contributed by atoms with Crippen LogP contribution in [-0.4, -0.2) is 94.8 Å². The van der Waals surface area contributed by atoms with Crippen molar-refractivity contribution < 1.29 is 53.6 Å². The Morgan fingerprint density at radius 2 is 1.76 bits per heavy atom. The molecule has 1 heterocycles. The maximum atomic E-state index is 13.7. The second-order valence-electron chi connectivity index (χ2n) is 10.1. The monoisotopic (exact) mass is 641 g/mol. The molecule has 0 aromatic heterocycles. The second-order valence-corrected chi connectivity index (χ2v) is 10.1. The third kappa shape index (κ3) is 14.1. The summed E-state index contributed by atoms with van der Waals surface area (Å²) in [6, 6.07) is 6.30. The van der Waals surface area contributed by atoms with Gasteiger partial charge in [0.25, 0.3) is 10.2 Å². The number of hydrogen-bond acceptors (Lipinski definition) is 13. The number of esters is 1. The van der Waals surface area contributed by atoms with E-state index in [1.807, 2.05) is 30.3 Å². The van der Waals surface area contributed by atoms with Crippen LogP contribution in [0.5, 0.6) is 0 Å². The van der Waals surface area contributed by atoms with Crippen molar-refractivity contribution in [1.29, 1.82) is 0 Å². The van der Waals surface area contributed by atoms with E-state index < -0.39 is 58.5 Å². The topological polar surface area (TPSA) is 239 Å². The van der Waals surface area contributed by atoms with E-state index in [2.05, 4.69) is 20.3 Å². The Balaban J connectivity index is 2.02. The number of aryl methyl sites for hydroxylation is 1. The van der Waals surface area contributed by atoms with Crippen LogP contribution < -0.4 is 10.6 Å². The van der Waals surface area contributed by atoms with Gasteiger partial charge in [0, 0.05) is 19.5 Å². The van der Waals surface area contributed by atoms with Gasteiger partial charge in [-0.25, -0.2) is 9.59 Å². The average molecular weight is 642 g/mol. The van der Waals surface area contributed by atoms with Crippen LogP contribution in [0.15, 0.2) is 30.3 Å². The van der Waals surface area contributed by atoms with E-state index in [0.717, 1.165) is 5.56 Å². The Labute approximate surface area is 258 Å². The number of unbranched alkanes of at least 4 members (excludes halogenated alkanes) is 1. The van der Waals surface area contributed by atoms with Crippen LogP contribution in [-0.2, 0) is 40.0 Å². The van der Waals surface area contributed by atoms with Crippen LogP contribution in [0.2, 0.25) is 0 Å². The van der Waals surface area contributed by atoms with Crippen LogP contribution in [0.3, 0.4) is 0 Å². The Hall–Kier alpha value is -4.74. The molecule has 1 aromatic rings. The number of carbonyl (C=O) groups excluding carboxylic acids is 3. The molecule has 4 atom stereocenters. The highest BCUT2D eigenvalue weighted by molar-refractivity contribution is 5.88. The Morgan fingerprint density at radius 3 is 2.42 bits per heavy atom. The fourth-order valence-electron chi connectivity index (χ4n) is 4.70. The first-order valence-electron chi connectivity index (χ1n) is 14.5. The van der Waals surface area contributed by atoms with Gasteiger partial charge in [0.2, 0.25) is 12.2 Å².